The standard InChI is InChI=1S/C21H24FN3O3/c1-2-24-11-13-25(14-12-24)19-9-7-18(8-10-19)23-20(26)15-28-21(27)16-3-5-17(22)6-4-16/h3-10H,2,11-15H2,1H3,(H,23,26). The van der Waals surface area contributed by atoms with Crippen molar-refractivity contribution in [3.05, 3.63) is 59.9 Å². The van der Waals surface area contributed by atoms with E-state index >= 15 is 0 Å². The van der Waals surface area contributed by atoms with Crippen LogP contribution in [0.3, 0.4) is 0 Å². The lowest BCUT2D eigenvalue weighted by atomic mass is 10.2. The smallest absolute Gasteiger partial charge is 0.338 e. The van der Waals surface area contributed by atoms with Gasteiger partial charge in [-0.2, -0.15) is 0 Å². The SMILES string of the molecule is CCN1CCN(c2ccc(NC(=O)COC(=O)c3ccc(F)cc3)cc2)CC1. The molecule has 0 saturated carbocycles. The van der Waals surface area contributed by atoms with E-state index in [1.165, 1.54) is 24.3 Å². The van der Waals surface area contributed by atoms with Crippen LogP contribution in [0.15, 0.2) is 48.5 Å². The van der Waals surface area contributed by atoms with Gasteiger partial charge in [-0.05, 0) is 55.1 Å². The van der Waals surface area contributed by atoms with Crippen LogP contribution >= 0.6 is 0 Å². The molecule has 2 aromatic carbocycles. The van der Waals surface area contributed by atoms with Gasteiger partial charge in [-0.1, -0.05) is 6.92 Å². The molecule has 0 atom stereocenters. The summed E-state index contributed by atoms with van der Waals surface area (Å²) in [6, 6.07) is 12.6. The van der Waals surface area contributed by atoms with Gasteiger partial charge in [0.2, 0.25) is 0 Å². The highest BCUT2D eigenvalue weighted by Gasteiger charge is 2.16. The van der Waals surface area contributed by atoms with Gasteiger partial charge in [-0.15, -0.1) is 0 Å². The fourth-order valence-electron chi connectivity index (χ4n) is 3.08. The number of halogens is 1. The van der Waals surface area contributed by atoms with Crippen molar-refractivity contribution in [3.63, 3.8) is 0 Å². The summed E-state index contributed by atoms with van der Waals surface area (Å²) in [6.45, 7) is 6.91. The molecule has 2 aromatic rings. The van der Waals surface area contributed by atoms with Crippen molar-refractivity contribution in [2.45, 2.75) is 6.92 Å². The monoisotopic (exact) mass is 385 g/mol. The van der Waals surface area contributed by atoms with Gasteiger partial charge in [-0.25, -0.2) is 9.18 Å². The van der Waals surface area contributed by atoms with E-state index in [0.29, 0.717) is 5.69 Å². The molecule has 0 unspecified atom stereocenters. The molecule has 1 aliphatic rings. The molecule has 7 heteroatoms. The number of anilines is 2. The third-order valence-corrected chi connectivity index (χ3v) is 4.75. The largest absolute Gasteiger partial charge is 0.452 e. The van der Waals surface area contributed by atoms with Crippen molar-refractivity contribution in [2.24, 2.45) is 0 Å². The van der Waals surface area contributed by atoms with Crippen LogP contribution in [0.25, 0.3) is 0 Å². The number of amides is 1. The Morgan fingerprint density at radius 2 is 1.64 bits per heavy atom. The molecule has 28 heavy (non-hydrogen) atoms. The average Bonchev–Trinajstić information content (AvgIpc) is 2.73. The lowest BCUT2D eigenvalue weighted by molar-refractivity contribution is -0.119. The molecule has 1 N–H and O–H groups in total. The van der Waals surface area contributed by atoms with Crippen molar-refractivity contribution in [1.82, 2.24) is 4.90 Å². The summed E-state index contributed by atoms with van der Waals surface area (Å²) in [5.74, 6) is -1.54. The molecule has 1 heterocycles. The first kappa shape index (κ1) is 19.8. The van der Waals surface area contributed by atoms with Gasteiger partial charge >= 0.3 is 5.97 Å². The number of esters is 1. The fourth-order valence-corrected chi connectivity index (χ4v) is 3.08. The van der Waals surface area contributed by atoms with Gasteiger partial charge in [0.15, 0.2) is 6.61 Å². The van der Waals surface area contributed by atoms with Gasteiger partial charge < -0.3 is 19.9 Å². The maximum atomic E-state index is 12.9. The Balaban J connectivity index is 1.46. The first-order valence-corrected chi connectivity index (χ1v) is 9.35. The second-order valence-electron chi connectivity index (χ2n) is 6.60. The van der Waals surface area contributed by atoms with E-state index in [2.05, 4.69) is 22.0 Å². The zero-order valence-electron chi connectivity index (χ0n) is 15.9. The summed E-state index contributed by atoms with van der Waals surface area (Å²) >= 11 is 0. The average molecular weight is 385 g/mol. The highest BCUT2D eigenvalue weighted by atomic mass is 19.1. The second-order valence-corrected chi connectivity index (χ2v) is 6.60. The Hall–Kier alpha value is -2.93. The molecule has 0 radical (unpaired) electrons. The lowest BCUT2D eigenvalue weighted by Crippen LogP contribution is -2.46. The number of nitrogens with one attached hydrogen (secondary N) is 1. The van der Waals surface area contributed by atoms with Gasteiger partial charge in [0, 0.05) is 37.6 Å². The number of likely N-dealkylation sites (N-methyl/N-ethyl adjacent to an activating group) is 1. The van der Waals surface area contributed by atoms with E-state index in [1.807, 2.05) is 24.3 Å². The highest BCUT2D eigenvalue weighted by molar-refractivity contribution is 5.95. The Morgan fingerprint density at radius 1 is 1.00 bits per heavy atom. The van der Waals surface area contributed by atoms with E-state index < -0.39 is 24.3 Å². The minimum Gasteiger partial charge on any atom is -0.452 e. The molecule has 0 aromatic heterocycles. The zero-order chi connectivity index (χ0) is 19.9. The number of piperazine rings is 1. The maximum absolute atomic E-state index is 12.9. The van der Waals surface area contributed by atoms with Crippen molar-refractivity contribution < 1.29 is 18.7 Å². The summed E-state index contributed by atoms with van der Waals surface area (Å²) < 4.78 is 17.8. The van der Waals surface area contributed by atoms with E-state index in [1.54, 1.807) is 0 Å². The normalized spacial score (nSPS) is 14.6. The maximum Gasteiger partial charge on any atom is 0.338 e. The lowest BCUT2D eigenvalue weighted by Gasteiger charge is -2.35. The second kappa shape index (κ2) is 9.32. The minimum absolute atomic E-state index is 0.196. The van der Waals surface area contributed by atoms with Gasteiger partial charge in [0.1, 0.15) is 5.82 Å². The fraction of sp³-hybridized carbons (Fsp3) is 0.333. The topological polar surface area (TPSA) is 61.9 Å². The van der Waals surface area contributed by atoms with E-state index in [-0.39, 0.29) is 5.56 Å². The number of ether oxygens (including phenoxy) is 1. The zero-order valence-corrected chi connectivity index (χ0v) is 15.9. The minimum atomic E-state index is -0.670. The summed E-state index contributed by atoms with van der Waals surface area (Å²) in [6.07, 6.45) is 0. The molecule has 1 fully saturated rings. The number of carbonyl (C=O) groups is 2. The quantitative estimate of drug-likeness (QED) is 0.775. The summed E-state index contributed by atoms with van der Waals surface area (Å²) in [5.41, 5.74) is 1.96. The van der Waals surface area contributed by atoms with Crippen LogP contribution < -0.4 is 10.2 Å². The Morgan fingerprint density at radius 3 is 2.25 bits per heavy atom. The summed E-state index contributed by atoms with van der Waals surface area (Å²) in [4.78, 5) is 28.6. The Bertz CT molecular complexity index is 801. The van der Waals surface area contributed by atoms with Crippen molar-refractivity contribution >= 4 is 23.3 Å². The van der Waals surface area contributed by atoms with Crippen molar-refractivity contribution in [1.29, 1.82) is 0 Å². The molecule has 1 amide bonds. The number of hydrogen-bond donors (Lipinski definition) is 1. The van der Waals surface area contributed by atoms with E-state index in [0.717, 1.165) is 38.4 Å². The van der Waals surface area contributed by atoms with Crippen LogP contribution in [0, 0.1) is 5.82 Å². The third kappa shape index (κ3) is 5.29. The molecule has 0 spiro atoms. The molecule has 0 aliphatic carbocycles. The summed E-state index contributed by atoms with van der Waals surface area (Å²) in [7, 11) is 0. The molecule has 3 rings (SSSR count). The predicted molar refractivity (Wildman–Crippen MR) is 106 cm³/mol. The van der Waals surface area contributed by atoms with Crippen LogP contribution in [0.5, 0.6) is 0 Å². The van der Waals surface area contributed by atoms with Crippen LogP contribution in [0.2, 0.25) is 0 Å². The van der Waals surface area contributed by atoms with Gasteiger partial charge in [-0.3, -0.25) is 4.79 Å². The molecule has 1 aliphatic heterocycles. The van der Waals surface area contributed by atoms with Crippen LogP contribution in [-0.2, 0) is 9.53 Å². The van der Waals surface area contributed by atoms with E-state index in [9.17, 15) is 14.0 Å². The highest BCUT2D eigenvalue weighted by Crippen LogP contribution is 2.19. The number of nitrogens with zero attached hydrogens (tertiary/aromatic N) is 2. The number of rotatable bonds is 6. The molecule has 6 nitrogen and oxygen atoms in total. The number of benzene rings is 2. The molecule has 0 bridgehead atoms. The van der Waals surface area contributed by atoms with Crippen LogP contribution in [-0.4, -0.2) is 56.1 Å². The Labute approximate surface area is 163 Å². The molecule has 1 saturated heterocycles. The van der Waals surface area contributed by atoms with Gasteiger partial charge in [0.25, 0.3) is 5.91 Å². The van der Waals surface area contributed by atoms with E-state index in [4.69, 9.17) is 4.74 Å². The molecular weight excluding hydrogens is 361 g/mol. The first-order chi connectivity index (χ1) is 13.5. The summed E-state index contributed by atoms with van der Waals surface area (Å²) in [5, 5.41) is 2.70. The third-order valence-electron chi connectivity index (χ3n) is 4.75. The first-order valence-electron chi connectivity index (χ1n) is 9.35. The number of hydrogen-bond acceptors (Lipinski definition) is 5. The molecular formula is C21H24FN3O3. The predicted octanol–water partition coefficient (Wildman–Crippen LogP) is 2.76. The number of carbonyl (C=O) groups excluding carboxylic acids is 2. The van der Waals surface area contributed by atoms with Crippen LogP contribution in [0.4, 0.5) is 15.8 Å². The van der Waals surface area contributed by atoms with Crippen molar-refractivity contribution in [3.8, 4) is 0 Å². The Kier molecular flexibility index (Phi) is 6.60. The van der Waals surface area contributed by atoms with Crippen LogP contribution in [0.1, 0.15) is 17.3 Å². The molecule has 148 valence electrons. The van der Waals surface area contributed by atoms with Gasteiger partial charge in [0.05, 0.1) is 5.56 Å². The van der Waals surface area contributed by atoms with Crippen molar-refractivity contribution in [2.75, 3.05) is 49.5 Å².